The van der Waals surface area contributed by atoms with E-state index >= 15 is 0 Å². The Morgan fingerprint density at radius 1 is 1.19 bits per heavy atom. The molecule has 4 rings (SSSR count). The Morgan fingerprint density at radius 2 is 2.00 bits per heavy atom. The molecule has 1 aromatic heterocycles. The molecule has 26 heavy (non-hydrogen) atoms. The van der Waals surface area contributed by atoms with Crippen LogP contribution in [0.5, 0.6) is 0 Å². The van der Waals surface area contributed by atoms with E-state index < -0.39 is 0 Å². The molecule has 4 nitrogen and oxygen atoms in total. The van der Waals surface area contributed by atoms with Gasteiger partial charge in [0, 0.05) is 45.2 Å². The van der Waals surface area contributed by atoms with Crippen molar-refractivity contribution >= 4 is 0 Å². The lowest BCUT2D eigenvalue weighted by molar-refractivity contribution is -0.139. The fourth-order valence-corrected chi connectivity index (χ4v) is 4.29. The molecule has 2 aliphatic heterocycles. The van der Waals surface area contributed by atoms with Crippen LogP contribution >= 0.6 is 0 Å². The highest BCUT2D eigenvalue weighted by atomic mass is 16.5. The Balaban J connectivity index is 1.23. The number of benzene rings is 1. The highest BCUT2D eigenvalue weighted by Gasteiger charge is 2.52. The first kappa shape index (κ1) is 17.7. The van der Waals surface area contributed by atoms with Gasteiger partial charge in [-0.15, -0.1) is 0 Å². The summed E-state index contributed by atoms with van der Waals surface area (Å²) in [5, 5.41) is 0. The molecule has 2 fully saturated rings. The van der Waals surface area contributed by atoms with Gasteiger partial charge < -0.3 is 9.47 Å². The van der Waals surface area contributed by atoms with Gasteiger partial charge in [0.2, 0.25) is 0 Å². The lowest BCUT2D eigenvalue weighted by atomic mass is 9.79. The fourth-order valence-electron chi connectivity index (χ4n) is 4.29. The number of ether oxygens (including phenoxy) is 2. The number of hydrogen-bond donors (Lipinski definition) is 0. The molecule has 1 spiro atoms. The van der Waals surface area contributed by atoms with Crippen LogP contribution in [0.3, 0.4) is 0 Å². The summed E-state index contributed by atoms with van der Waals surface area (Å²) in [7, 11) is 0. The third-order valence-corrected chi connectivity index (χ3v) is 5.87. The van der Waals surface area contributed by atoms with Crippen molar-refractivity contribution in [2.45, 2.75) is 38.5 Å². The van der Waals surface area contributed by atoms with Gasteiger partial charge in [-0.1, -0.05) is 24.3 Å². The molecule has 0 aliphatic carbocycles. The second kappa shape index (κ2) is 7.87. The number of aromatic nitrogens is 1. The van der Waals surface area contributed by atoms with Gasteiger partial charge in [-0.25, -0.2) is 0 Å². The average molecular weight is 352 g/mol. The maximum atomic E-state index is 6.20. The lowest BCUT2D eigenvalue weighted by Gasteiger charge is -2.50. The molecule has 0 N–H and O–H groups in total. The molecule has 0 bridgehead atoms. The van der Waals surface area contributed by atoms with E-state index in [-0.39, 0.29) is 5.60 Å². The maximum Gasteiger partial charge on any atom is 0.0964 e. The van der Waals surface area contributed by atoms with E-state index in [1.165, 1.54) is 16.7 Å². The first-order chi connectivity index (χ1) is 12.8. The summed E-state index contributed by atoms with van der Waals surface area (Å²) in [5.41, 5.74) is 4.06. The van der Waals surface area contributed by atoms with E-state index in [0.29, 0.717) is 12.5 Å². The molecule has 0 saturated carbocycles. The zero-order chi connectivity index (χ0) is 17.8. The fraction of sp³-hybridized carbons (Fsp3) is 0.500. The monoisotopic (exact) mass is 352 g/mol. The molecular weight excluding hydrogens is 324 g/mol. The first-order valence-electron chi connectivity index (χ1n) is 9.63. The van der Waals surface area contributed by atoms with E-state index in [2.05, 4.69) is 41.1 Å². The second-order valence-electron chi connectivity index (χ2n) is 7.67. The van der Waals surface area contributed by atoms with Crippen LogP contribution in [0.15, 0.2) is 48.8 Å². The van der Waals surface area contributed by atoms with E-state index in [0.717, 1.165) is 45.7 Å². The highest BCUT2D eigenvalue weighted by molar-refractivity contribution is 5.26. The van der Waals surface area contributed by atoms with Crippen LogP contribution < -0.4 is 0 Å². The van der Waals surface area contributed by atoms with Gasteiger partial charge in [0.1, 0.15) is 0 Å². The zero-order valence-corrected chi connectivity index (χ0v) is 15.6. The van der Waals surface area contributed by atoms with Crippen LogP contribution in [0, 0.1) is 12.8 Å². The van der Waals surface area contributed by atoms with Crippen molar-refractivity contribution in [3.8, 4) is 0 Å². The van der Waals surface area contributed by atoms with Crippen molar-refractivity contribution in [2.24, 2.45) is 5.92 Å². The summed E-state index contributed by atoms with van der Waals surface area (Å²) in [5.74, 6) is 0.619. The molecule has 0 unspecified atom stereocenters. The topological polar surface area (TPSA) is 34.6 Å². The molecule has 1 aromatic carbocycles. The van der Waals surface area contributed by atoms with Crippen LogP contribution in [0.25, 0.3) is 0 Å². The summed E-state index contributed by atoms with van der Waals surface area (Å²) in [6.07, 6.45) is 5.88. The highest BCUT2D eigenvalue weighted by Crippen LogP contribution is 2.42. The Labute approximate surface area is 156 Å². The Kier molecular flexibility index (Phi) is 5.34. The normalized spacial score (nSPS) is 21.8. The third kappa shape index (κ3) is 3.83. The van der Waals surface area contributed by atoms with Gasteiger partial charge in [0.15, 0.2) is 0 Å². The minimum absolute atomic E-state index is 0.0721. The molecule has 138 valence electrons. The van der Waals surface area contributed by atoms with Crippen molar-refractivity contribution in [2.75, 3.05) is 26.3 Å². The average Bonchev–Trinajstić information content (AvgIpc) is 3.05. The number of rotatable bonds is 7. The zero-order valence-electron chi connectivity index (χ0n) is 15.6. The predicted octanol–water partition coefficient (Wildman–Crippen LogP) is 3.59. The Bertz CT molecular complexity index is 713. The predicted molar refractivity (Wildman–Crippen MR) is 102 cm³/mol. The molecule has 2 aromatic rings. The van der Waals surface area contributed by atoms with Crippen LogP contribution in [0.2, 0.25) is 0 Å². The van der Waals surface area contributed by atoms with Crippen molar-refractivity contribution in [1.29, 1.82) is 0 Å². The van der Waals surface area contributed by atoms with Crippen LogP contribution in [0.4, 0.5) is 0 Å². The van der Waals surface area contributed by atoms with Crippen molar-refractivity contribution < 1.29 is 9.47 Å². The lowest BCUT2D eigenvalue weighted by Crippen LogP contribution is -2.64. The molecule has 1 atom stereocenters. The summed E-state index contributed by atoms with van der Waals surface area (Å²) in [6, 6.07) is 12.7. The number of hydrogen-bond acceptors (Lipinski definition) is 4. The van der Waals surface area contributed by atoms with Crippen LogP contribution in [-0.2, 0) is 22.6 Å². The van der Waals surface area contributed by atoms with Crippen LogP contribution in [-0.4, -0.2) is 41.8 Å². The van der Waals surface area contributed by atoms with Crippen molar-refractivity contribution in [3.05, 3.63) is 65.5 Å². The van der Waals surface area contributed by atoms with E-state index in [1.807, 2.05) is 24.5 Å². The number of pyridine rings is 1. The van der Waals surface area contributed by atoms with E-state index in [4.69, 9.17) is 9.47 Å². The van der Waals surface area contributed by atoms with Gasteiger partial charge in [0.05, 0.1) is 12.2 Å². The molecule has 0 amide bonds. The smallest absolute Gasteiger partial charge is 0.0964 e. The second-order valence-corrected chi connectivity index (χ2v) is 7.67. The van der Waals surface area contributed by atoms with Gasteiger partial charge in [-0.3, -0.25) is 9.88 Å². The van der Waals surface area contributed by atoms with Crippen molar-refractivity contribution in [3.63, 3.8) is 0 Å². The first-order valence-corrected chi connectivity index (χ1v) is 9.63. The number of likely N-dealkylation sites (tertiary alicyclic amines) is 1. The molecular formula is C22H28N2O2. The number of nitrogens with zero attached hydrogens (tertiary/aromatic N) is 2. The Morgan fingerprint density at radius 3 is 2.81 bits per heavy atom. The number of aryl methyl sites for hydroxylation is 1. The van der Waals surface area contributed by atoms with Gasteiger partial charge >= 0.3 is 0 Å². The van der Waals surface area contributed by atoms with Gasteiger partial charge in [0.25, 0.3) is 0 Å². The quantitative estimate of drug-likeness (QED) is 0.713. The maximum absolute atomic E-state index is 6.20. The third-order valence-electron chi connectivity index (χ3n) is 5.87. The summed E-state index contributed by atoms with van der Waals surface area (Å²) in [6.45, 7) is 7.70. The van der Waals surface area contributed by atoms with Gasteiger partial charge in [-0.05, 0) is 54.5 Å². The minimum atomic E-state index is 0.0721. The largest absolute Gasteiger partial charge is 0.377 e. The molecule has 2 aliphatic rings. The standard InChI is InChI=1S/C22H28N2O2/c1-18-4-2-3-5-20(18)14-24-16-22(17-24)21(9-13-26-22)8-12-25-15-19-6-10-23-11-7-19/h2-7,10-11,21H,8-9,12-17H2,1H3/t21-/m0/s1. The van der Waals surface area contributed by atoms with E-state index in [1.54, 1.807) is 0 Å². The van der Waals surface area contributed by atoms with Crippen molar-refractivity contribution in [1.82, 2.24) is 9.88 Å². The minimum Gasteiger partial charge on any atom is -0.377 e. The van der Waals surface area contributed by atoms with Crippen LogP contribution in [0.1, 0.15) is 29.5 Å². The molecule has 3 heterocycles. The Hall–Kier alpha value is -1.75. The molecule has 4 heteroatoms. The molecule has 2 saturated heterocycles. The van der Waals surface area contributed by atoms with Gasteiger partial charge in [-0.2, -0.15) is 0 Å². The summed E-state index contributed by atoms with van der Waals surface area (Å²) in [4.78, 5) is 6.55. The van der Waals surface area contributed by atoms with E-state index in [9.17, 15) is 0 Å². The summed E-state index contributed by atoms with van der Waals surface area (Å²) >= 11 is 0. The molecule has 0 radical (unpaired) electrons. The SMILES string of the molecule is Cc1ccccc1CN1CC2(C1)OCC[C@@H]2CCOCc1ccncc1. The summed E-state index contributed by atoms with van der Waals surface area (Å²) < 4.78 is 12.1.